The molecular formula is C25H43Cl2N5O5. The third kappa shape index (κ3) is 10.7. The van der Waals surface area contributed by atoms with E-state index in [9.17, 15) is 24.0 Å². The molecule has 0 aromatic heterocycles. The van der Waals surface area contributed by atoms with Crippen LogP contribution in [0.15, 0.2) is 0 Å². The highest BCUT2D eigenvalue weighted by molar-refractivity contribution is 6.40. The van der Waals surface area contributed by atoms with Gasteiger partial charge in [0.1, 0.15) is 12.1 Å². The fourth-order valence-corrected chi connectivity index (χ4v) is 4.36. The number of likely N-dealkylation sites (tertiary alicyclic amines) is 1. The van der Waals surface area contributed by atoms with Crippen molar-refractivity contribution in [3.63, 3.8) is 0 Å². The number of carbonyl (C=O) groups is 5. The molecule has 2 rings (SSSR count). The number of hydrogen-bond acceptors (Lipinski definition) is 5. The first-order valence-corrected chi connectivity index (χ1v) is 13.7. The maximum absolute atomic E-state index is 13.5. The molecule has 2 aliphatic rings. The lowest BCUT2D eigenvalue weighted by atomic mass is 9.80. The Bertz CT molecular complexity index is 836. The number of nitrogens with zero attached hydrogens (tertiary/aromatic N) is 1. The zero-order valence-corrected chi connectivity index (χ0v) is 24.3. The summed E-state index contributed by atoms with van der Waals surface area (Å²) in [5.74, 6) is -2.46. The molecule has 10 nitrogen and oxygen atoms in total. The van der Waals surface area contributed by atoms with Gasteiger partial charge in [-0.05, 0) is 51.4 Å². The van der Waals surface area contributed by atoms with Gasteiger partial charge in [-0.1, -0.05) is 40.0 Å². The summed E-state index contributed by atoms with van der Waals surface area (Å²) < 4.78 is 0. The van der Waals surface area contributed by atoms with Crippen molar-refractivity contribution in [1.29, 1.82) is 0 Å². The lowest BCUT2D eigenvalue weighted by Crippen LogP contribution is -2.61. The highest BCUT2D eigenvalue weighted by Gasteiger charge is 2.43. The molecule has 1 aliphatic carbocycles. The number of nitrogens with two attached hydrogens (primary N) is 1. The Hall–Kier alpha value is -2.07. The van der Waals surface area contributed by atoms with Gasteiger partial charge in [0.2, 0.25) is 17.6 Å². The molecule has 0 radical (unpaired) electrons. The van der Waals surface area contributed by atoms with Crippen LogP contribution >= 0.6 is 23.2 Å². The summed E-state index contributed by atoms with van der Waals surface area (Å²) in [6, 6.07) is -3.09. The lowest BCUT2D eigenvalue weighted by Gasteiger charge is -2.36. The number of halogens is 2. The molecule has 212 valence electrons. The van der Waals surface area contributed by atoms with E-state index in [0.717, 1.165) is 19.3 Å². The predicted molar refractivity (Wildman–Crippen MR) is 144 cm³/mol. The van der Waals surface area contributed by atoms with Crippen molar-refractivity contribution >= 4 is 52.7 Å². The van der Waals surface area contributed by atoms with Crippen LogP contribution in [-0.2, 0) is 19.2 Å². The Morgan fingerprint density at radius 1 is 0.946 bits per heavy atom. The highest BCUT2D eigenvalue weighted by Crippen LogP contribution is 2.31. The van der Waals surface area contributed by atoms with Gasteiger partial charge in [0, 0.05) is 12.1 Å². The molecule has 5 N–H and O–H groups in total. The number of ketones is 1. The molecule has 2 unspecified atom stereocenters. The molecule has 0 aromatic carbocycles. The first-order chi connectivity index (χ1) is 17.0. The maximum atomic E-state index is 13.5. The summed E-state index contributed by atoms with van der Waals surface area (Å²) in [4.78, 5) is 64.5. The third-order valence-corrected chi connectivity index (χ3v) is 6.39. The van der Waals surface area contributed by atoms with E-state index in [4.69, 9.17) is 28.9 Å². The molecular weight excluding hydrogens is 521 g/mol. The summed E-state index contributed by atoms with van der Waals surface area (Å²) in [7, 11) is 0. The Kier molecular flexibility index (Phi) is 12.6. The van der Waals surface area contributed by atoms with Gasteiger partial charge in [0.05, 0.1) is 11.4 Å². The first kappa shape index (κ1) is 33.0. The zero-order valence-electron chi connectivity index (χ0n) is 22.8. The van der Waals surface area contributed by atoms with Crippen LogP contribution in [0.5, 0.6) is 0 Å². The minimum atomic E-state index is -1.08. The maximum Gasteiger partial charge on any atom is 0.315 e. The van der Waals surface area contributed by atoms with Gasteiger partial charge in [-0.3, -0.25) is 19.2 Å². The minimum absolute atomic E-state index is 0.194. The van der Waals surface area contributed by atoms with Crippen LogP contribution in [0, 0.1) is 11.3 Å². The molecule has 1 saturated heterocycles. The summed E-state index contributed by atoms with van der Waals surface area (Å²) >= 11 is 9.53. The minimum Gasteiger partial charge on any atom is -0.363 e. The van der Waals surface area contributed by atoms with Crippen LogP contribution in [0.4, 0.5) is 4.79 Å². The van der Waals surface area contributed by atoms with Crippen molar-refractivity contribution in [3.05, 3.63) is 0 Å². The van der Waals surface area contributed by atoms with Crippen molar-refractivity contribution in [1.82, 2.24) is 20.9 Å². The molecule has 0 spiro atoms. The molecule has 2 fully saturated rings. The Morgan fingerprint density at radius 3 is 1.95 bits per heavy atom. The molecule has 1 saturated carbocycles. The van der Waals surface area contributed by atoms with E-state index in [-0.39, 0.29) is 17.2 Å². The third-order valence-electron chi connectivity index (χ3n) is 6.39. The van der Waals surface area contributed by atoms with Gasteiger partial charge >= 0.3 is 6.03 Å². The summed E-state index contributed by atoms with van der Waals surface area (Å²) in [5.41, 5.74) is 4.12. The van der Waals surface area contributed by atoms with E-state index in [1.807, 2.05) is 41.5 Å². The quantitative estimate of drug-likeness (QED) is 0.264. The van der Waals surface area contributed by atoms with Crippen molar-refractivity contribution in [3.8, 4) is 0 Å². The normalized spacial score (nSPS) is 19.5. The Labute approximate surface area is 230 Å². The van der Waals surface area contributed by atoms with E-state index in [1.165, 1.54) is 4.90 Å². The number of alkyl halides is 2. The number of amides is 5. The standard InChI is InChI=1S/C24H41N5O5.CH2Cl2/c1-23(2,3)18(27-22(34)28-24(4,5)6)21(33)29-12-8-11-16(29)20(32)26-15(17(30)19(25)31)13-14-9-7-10-14;2-1-3/h14-16,18H,7-13H2,1-6H3,(H2,25,31)(H,26,32)(H2,27,28,34);1H2/t15?,16-,18?;/m0./s1. The fourth-order valence-electron chi connectivity index (χ4n) is 4.36. The largest absolute Gasteiger partial charge is 0.363 e. The Balaban J connectivity index is 0.00000217. The fraction of sp³-hybridized carbons (Fsp3) is 0.800. The van der Waals surface area contributed by atoms with E-state index in [0.29, 0.717) is 25.8 Å². The van der Waals surface area contributed by atoms with Gasteiger partial charge in [-0.15, -0.1) is 23.2 Å². The highest BCUT2D eigenvalue weighted by atomic mass is 35.5. The Morgan fingerprint density at radius 2 is 1.51 bits per heavy atom. The van der Waals surface area contributed by atoms with Crippen LogP contribution in [0.3, 0.4) is 0 Å². The van der Waals surface area contributed by atoms with Gasteiger partial charge in [-0.2, -0.15) is 0 Å². The number of carbonyl (C=O) groups excluding carboxylic acids is 5. The van der Waals surface area contributed by atoms with Gasteiger partial charge in [-0.25, -0.2) is 4.79 Å². The molecule has 1 heterocycles. The topological polar surface area (TPSA) is 151 Å². The molecule has 37 heavy (non-hydrogen) atoms. The molecule has 5 amide bonds. The second kappa shape index (κ2) is 14.2. The van der Waals surface area contributed by atoms with Crippen LogP contribution in [0.25, 0.3) is 0 Å². The summed E-state index contributed by atoms with van der Waals surface area (Å²) in [6.45, 7) is 11.4. The molecule has 0 aromatic rings. The monoisotopic (exact) mass is 563 g/mol. The average Bonchev–Trinajstić information content (AvgIpc) is 3.21. The van der Waals surface area contributed by atoms with Gasteiger partial charge < -0.3 is 26.6 Å². The number of urea groups is 1. The number of rotatable bonds is 8. The second-order valence-electron chi connectivity index (χ2n) is 11.8. The first-order valence-electron chi connectivity index (χ1n) is 12.7. The SMILES string of the molecule is CC(C)(C)NC(=O)NC(C(=O)N1CCC[C@H]1C(=O)NC(CC1CCC1)C(=O)C(N)=O)C(C)(C)C.ClCCl. The number of primary amides is 1. The van der Waals surface area contributed by atoms with Crippen molar-refractivity contribution in [2.45, 2.75) is 104 Å². The van der Waals surface area contributed by atoms with Crippen LogP contribution < -0.4 is 21.7 Å². The van der Waals surface area contributed by atoms with Gasteiger partial charge in [0.15, 0.2) is 0 Å². The molecule has 12 heteroatoms. The van der Waals surface area contributed by atoms with Gasteiger partial charge in [0.25, 0.3) is 5.91 Å². The van der Waals surface area contributed by atoms with E-state index >= 15 is 0 Å². The summed E-state index contributed by atoms with van der Waals surface area (Å²) in [5, 5.41) is 8.46. The zero-order chi connectivity index (χ0) is 28.6. The van der Waals surface area contributed by atoms with E-state index in [2.05, 4.69) is 16.0 Å². The van der Waals surface area contributed by atoms with E-state index in [1.54, 1.807) is 0 Å². The van der Waals surface area contributed by atoms with Crippen LogP contribution in [0.2, 0.25) is 0 Å². The smallest absolute Gasteiger partial charge is 0.315 e. The lowest BCUT2D eigenvalue weighted by molar-refractivity contribution is -0.143. The van der Waals surface area contributed by atoms with Crippen molar-refractivity contribution < 1.29 is 24.0 Å². The van der Waals surface area contributed by atoms with Crippen molar-refractivity contribution in [2.24, 2.45) is 17.1 Å². The van der Waals surface area contributed by atoms with Crippen LogP contribution in [0.1, 0.15) is 80.1 Å². The summed E-state index contributed by atoms with van der Waals surface area (Å²) in [6.07, 6.45) is 4.37. The molecule has 3 atom stereocenters. The second-order valence-corrected chi connectivity index (χ2v) is 12.6. The number of nitrogens with one attached hydrogen (secondary N) is 3. The van der Waals surface area contributed by atoms with Crippen molar-refractivity contribution in [2.75, 3.05) is 11.9 Å². The van der Waals surface area contributed by atoms with Crippen LogP contribution in [-0.4, -0.2) is 70.0 Å². The average molecular weight is 565 g/mol. The van der Waals surface area contributed by atoms with E-state index < -0.39 is 52.7 Å². The molecule has 0 bridgehead atoms. The number of hydrogen-bond donors (Lipinski definition) is 4. The number of Topliss-reactive ketones (excluding diaryl/α,β-unsaturated/α-hetero) is 1. The predicted octanol–water partition coefficient (Wildman–Crippen LogP) is 2.64. The molecule has 1 aliphatic heterocycles.